The second-order valence-corrected chi connectivity index (χ2v) is 4.80. The molecular formula is C15H11N3O5. The van der Waals surface area contributed by atoms with E-state index in [0.29, 0.717) is 11.1 Å². The first-order valence-corrected chi connectivity index (χ1v) is 6.50. The molecule has 0 aliphatic rings. The molecule has 0 radical (unpaired) electrons. The maximum atomic E-state index is 12.3. The lowest BCUT2D eigenvalue weighted by Crippen LogP contribution is -2.02. The van der Waals surface area contributed by atoms with Crippen molar-refractivity contribution in [2.45, 2.75) is 0 Å². The topological polar surface area (TPSA) is 133 Å². The molecule has 1 heterocycles. The van der Waals surface area contributed by atoms with Crippen LogP contribution in [0, 0.1) is 5.21 Å². The lowest BCUT2D eigenvalue weighted by Gasteiger charge is -2.08. The Labute approximate surface area is 129 Å². The number of nitrogens with zero attached hydrogens (tertiary/aromatic N) is 2. The lowest BCUT2D eigenvalue weighted by atomic mass is 10.1. The molecule has 0 spiro atoms. The maximum Gasteiger partial charge on any atom is 0.335 e. The van der Waals surface area contributed by atoms with Crippen LogP contribution in [0.3, 0.4) is 0 Å². The minimum Gasteiger partial charge on any atom is -0.618 e. The van der Waals surface area contributed by atoms with Crippen LogP contribution in [0.2, 0.25) is 0 Å². The number of benzene rings is 2. The van der Waals surface area contributed by atoms with Gasteiger partial charge in [0.05, 0.1) is 22.8 Å². The first-order chi connectivity index (χ1) is 11.0. The van der Waals surface area contributed by atoms with Crippen molar-refractivity contribution in [3.8, 4) is 11.5 Å². The summed E-state index contributed by atoms with van der Waals surface area (Å²) in [6.07, 6.45) is 2.74. The third kappa shape index (κ3) is 2.53. The number of hydrogen-bond acceptors (Lipinski definition) is 5. The average molecular weight is 313 g/mol. The number of nitrogens with one attached hydrogen (secondary N) is 1. The van der Waals surface area contributed by atoms with Gasteiger partial charge in [-0.1, -0.05) is 12.1 Å². The molecule has 2 aromatic carbocycles. The molecule has 0 saturated heterocycles. The van der Waals surface area contributed by atoms with Crippen molar-refractivity contribution in [1.29, 1.82) is 0 Å². The highest BCUT2D eigenvalue weighted by Crippen LogP contribution is 2.36. The Morgan fingerprint density at radius 1 is 1.26 bits per heavy atom. The molecular weight excluding hydrogens is 302 g/mol. The maximum absolute atomic E-state index is 12.3. The van der Waals surface area contributed by atoms with Gasteiger partial charge in [0.15, 0.2) is 17.7 Å². The molecule has 1 aromatic heterocycles. The number of aromatic carboxylic acids is 1. The molecule has 3 aromatic rings. The number of phenols is 2. The number of carbonyl (C=O) groups is 1. The molecule has 23 heavy (non-hydrogen) atoms. The Morgan fingerprint density at radius 2 is 1.96 bits per heavy atom. The van der Waals surface area contributed by atoms with E-state index in [4.69, 9.17) is 5.11 Å². The summed E-state index contributed by atoms with van der Waals surface area (Å²) in [6, 6.07) is 6.98. The third-order valence-corrected chi connectivity index (χ3v) is 3.30. The fourth-order valence-electron chi connectivity index (χ4n) is 2.24. The fourth-order valence-corrected chi connectivity index (χ4v) is 2.24. The van der Waals surface area contributed by atoms with Crippen LogP contribution in [0.25, 0.3) is 10.9 Å². The van der Waals surface area contributed by atoms with Crippen LogP contribution in [0.15, 0.2) is 36.5 Å². The highest BCUT2D eigenvalue weighted by molar-refractivity contribution is 5.96. The van der Waals surface area contributed by atoms with E-state index in [2.05, 4.69) is 10.2 Å². The first-order valence-electron chi connectivity index (χ1n) is 6.50. The highest BCUT2D eigenvalue weighted by Gasteiger charge is 2.20. The molecule has 116 valence electrons. The van der Waals surface area contributed by atoms with E-state index in [1.54, 1.807) is 18.3 Å². The zero-order chi connectivity index (χ0) is 16.6. The average Bonchev–Trinajstić information content (AvgIpc) is 2.95. The molecule has 0 saturated carbocycles. The van der Waals surface area contributed by atoms with Crippen molar-refractivity contribution in [2.24, 2.45) is 0 Å². The summed E-state index contributed by atoms with van der Waals surface area (Å²) in [5, 5.41) is 48.2. The minimum absolute atomic E-state index is 0.270. The van der Waals surface area contributed by atoms with Gasteiger partial charge in [0.25, 0.3) is 0 Å². The van der Waals surface area contributed by atoms with Crippen LogP contribution in [0.5, 0.6) is 11.5 Å². The Bertz CT molecular complexity index is 922. The van der Waals surface area contributed by atoms with E-state index >= 15 is 0 Å². The van der Waals surface area contributed by atoms with E-state index in [9.17, 15) is 20.2 Å². The van der Waals surface area contributed by atoms with Gasteiger partial charge in [0.1, 0.15) is 0 Å². The van der Waals surface area contributed by atoms with Gasteiger partial charge >= 0.3 is 11.7 Å². The quantitative estimate of drug-likeness (QED) is 0.253. The van der Waals surface area contributed by atoms with Crippen molar-refractivity contribution in [1.82, 2.24) is 10.2 Å². The molecule has 0 aliphatic heterocycles. The molecule has 0 bridgehead atoms. The summed E-state index contributed by atoms with van der Waals surface area (Å²) in [4.78, 5) is 10.9. The number of aromatic hydroxyl groups is 2. The van der Waals surface area contributed by atoms with E-state index in [1.165, 1.54) is 0 Å². The summed E-state index contributed by atoms with van der Waals surface area (Å²) >= 11 is 0. The number of hydrogen-bond donors (Lipinski definition) is 4. The van der Waals surface area contributed by atoms with E-state index < -0.39 is 23.2 Å². The summed E-state index contributed by atoms with van der Waals surface area (Å²) in [5.41, 5.74) is 0.352. The number of carboxylic acid groups (broad SMARTS) is 1. The van der Waals surface area contributed by atoms with Crippen molar-refractivity contribution in [3.05, 3.63) is 52.9 Å². The van der Waals surface area contributed by atoms with Crippen molar-refractivity contribution < 1.29 is 24.9 Å². The monoisotopic (exact) mass is 313 g/mol. The van der Waals surface area contributed by atoms with E-state index in [0.717, 1.165) is 23.7 Å². The van der Waals surface area contributed by atoms with Crippen LogP contribution in [0.1, 0.15) is 15.9 Å². The molecule has 0 amide bonds. The minimum atomic E-state index is -1.33. The third-order valence-electron chi connectivity index (χ3n) is 3.30. The summed E-state index contributed by atoms with van der Waals surface area (Å²) in [6.45, 7) is 0. The summed E-state index contributed by atoms with van der Waals surface area (Å²) < 4.78 is 0.270. The molecule has 8 nitrogen and oxygen atoms in total. The van der Waals surface area contributed by atoms with Gasteiger partial charge in [0.2, 0.25) is 0 Å². The predicted octanol–water partition coefficient (Wildman–Crippen LogP) is 1.93. The standard InChI is InChI=1S/C15H11N3O5/c19-11-4-10(15(21)22)5-12(20)14(11)18(23)7-9-3-1-2-8-6-16-17-13(8)9/h1-7,19-20H,(H,16,17)(H,21,22)/b18-7-. The number of aromatic amines is 1. The van der Waals surface area contributed by atoms with Crippen molar-refractivity contribution in [2.75, 3.05) is 0 Å². The molecule has 0 fully saturated rings. The fraction of sp³-hybridized carbons (Fsp3) is 0. The Morgan fingerprint density at radius 3 is 2.61 bits per heavy atom. The van der Waals surface area contributed by atoms with Gasteiger partial charge in [-0.05, 0) is 6.07 Å². The number of para-hydroxylation sites is 1. The van der Waals surface area contributed by atoms with Gasteiger partial charge in [-0.2, -0.15) is 9.84 Å². The SMILES string of the molecule is O=C(O)c1cc(O)c(/[N+]([O-])=C/c2cccc3cn[nH]c23)c(O)c1. The van der Waals surface area contributed by atoms with Crippen molar-refractivity contribution in [3.63, 3.8) is 0 Å². The number of carboxylic acids is 1. The first kappa shape index (κ1) is 14.4. The summed E-state index contributed by atoms with van der Waals surface area (Å²) in [7, 11) is 0. The van der Waals surface area contributed by atoms with Gasteiger partial charge in [-0.3, -0.25) is 5.10 Å². The number of H-pyrrole nitrogens is 1. The smallest absolute Gasteiger partial charge is 0.335 e. The number of fused-ring (bicyclic) bond motifs is 1. The Hall–Kier alpha value is -3.55. The van der Waals surface area contributed by atoms with Gasteiger partial charge < -0.3 is 20.5 Å². The second kappa shape index (κ2) is 5.34. The molecule has 0 unspecified atom stereocenters. The van der Waals surface area contributed by atoms with Crippen LogP contribution >= 0.6 is 0 Å². The van der Waals surface area contributed by atoms with E-state index in [1.807, 2.05) is 6.07 Å². The lowest BCUT2D eigenvalue weighted by molar-refractivity contribution is -0.356. The molecule has 4 N–H and O–H groups in total. The van der Waals surface area contributed by atoms with Crippen LogP contribution in [-0.4, -0.2) is 42.4 Å². The van der Waals surface area contributed by atoms with Crippen molar-refractivity contribution >= 4 is 28.8 Å². The predicted molar refractivity (Wildman–Crippen MR) is 81.3 cm³/mol. The number of rotatable bonds is 3. The zero-order valence-electron chi connectivity index (χ0n) is 11.6. The molecule has 0 aliphatic carbocycles. The van der Waals surface area contributed by atoms with Crippen LogP contribution in [-0.2, 0) is 0 Å². The highest BCUT2D eigenvalue weighted by atomic mass is 16.5. The molecule has 3 rings (SSSR count). The molecule has 0 atom stereocenters. The Balaban J connectivity index is 2.11. The molecule has 8 heteroatoms. The number of aromatic nitrogens is 2. The zero-order valence-corrected chi connectivity index (χ0v) is 11.6. The van der Waals surface area contributed by atoms with Crippen LogP contribution < -0.4 is 0 Å². The largest absolute Gasteiger partial charge is 0.618 e. The van der Waals surface area contributed by atoms with Gasteiger partial charge in [0, 0.05) is 17.5 Å². The normalized spacial score (nSPS) is 11.7. The number of phenolic OH excluding ortho intramolecular Hbond substituents is 2. The second-order valence-electron chi connectivity index (χ2n) is 4.80. The summed E-state index contributed by atoms with van der Waals surface area (Å²) in [5.74, 6) is -2.60. The van der Waals surface area contributed by atoms with Crippen LogP contribution in [0.4, 0.5) is 5.69 Å². The Kier molecular flexibility index (Phi) is 3.34. The van der Waals surface area contributed by atoms with E-state index in [-0.39, 0.29) is 10.3 Å². The van der Waals surface area contributed by atoms with Gasteiger partial charge in [-0.15, -0.1) is 0 Å². The van der Waals surface area contributed by atoms with Gasteiger partial charge in [-0.25, -0.2) is 4.79 Å².